The molecule has 0 aromatic heterocycles. The fraction of sp³-hybridized carbons (Fsp3) is 0.200. The molecule has 1 unspecified atom stereocenters. The molecule has 0 heterocycles. The standard InChI is InChI=1S/C25H19F6NO3/c26-24(27,28)20-7-1-18(2-8-20)16-34-32-14-13-17-3-11-22(12-4-17)35-23(15-33)19-5-9-21(10-6-19)25(29,30)31/h1-12,14-15,23H,13,16H2. The summed E-state index contributed by atoms with van der Waals surface area (Å²) in [7, 11) is 0. The molecule has 0 fully saturated rings. The van der Waals surface area contributed by atoms with Crippen molar-refractivity contribution < 1.29 is 40.7 Å². The highest BCUT2D eigenvalue weighted by molar-refractivity contribution is 5.62. The zero-order chi connectivity index (χ0) is 25.5. The first kappa shape index (κ1) is 25.8. The van der Waals surface area contributed by atoms with Crippen LogP contribution in [0.2, 0.25) is 0 Å². The minimum Gasteiger partial charge on any atom is -0.478 e. The number of aldehydes is 1. The molecule has 3 rings (SSSR count). The van der Waals surface area contributed by atoms with E-state index in [2.05, 4.69) is 5.16 Å². The van der Waals surface area contributed by atoms with Crippen LogP contribution in [0.25, 0.3) is 0 Å². The minimum atomic E-state index is -4.47. The molecule has 0 aliphatic heterocycles. The SMILES string of the molecule is O=CC(Oc1ccc(CC=NOCc2ccc(C(F)(F)F)cc2)cc1)c1ccc(C(F)(F)F)cc1. The molecule has 184 valence electrons. The van der Waals surface area contributed by atoms with Gasteiger partial charge in [-0.3, -0.25) is 4.79 Å². The molecule has 3 aromatic rings. The predicted molar refractivity (Wildman–Crippen MR) is 116 cm³/mol. The Kier molecular flexibility index (Phi) is 8.16. The molecular formula is C25H19F6NO3. The summed E-state index contributed by atoms with van der Waals surface area (Å²) in [6.07, 6.45) is -7.56. The normalized spacial score (nSPS) is 13.0. The van der Waals surface area contributed by atoms with Crippen molar-refractivity contribution in [3.8, 4) is 5.75 Å². The van der Waals surface area contributed by atoms with Crippen molar-refractivity contribution in [1.29, 1.82) is 0 Å². The second kappa shape index (κ2) is 11.1. The van der Waals surface area contributed by atoms with Gasteiger partial charge >= 0.3 is 12.4 Å². The monoisotopic (exact) mass is 495 g/mol. The summed E-state index contributed by atoms with van der Waals surface area (Å²) in [5, 5.41) is 3.78. The Hall–Kier alpha value is -3.82. The van der Waals surface area contributed by atoms with Crippen LogP contribution >= 0.6 is 0 Å². The number of rotatable bonds is 9. The Labute approximate surface area is 196 Å². The summed E-state index contributed by atoms with van der Waals surface area (Å²) in [5.74, 6) is 0.348. The maximum Gasteiger partial charge on any atom is 0.416 e. The van der Waals surface area contributed by atoms with E-state index in [1.165, 1.54) is 30.5 Å². The van der Waals surface area contributed by atoms with Gasteiger partial charge in [0.25, 0.3) is 0 Å². The third-order valence-corrected chi connectivity index (χ3v) is 4.87. The van der Waals surface area contributed by atoms with E-state index in [0.717, 1.165) is 29.8 Å². The summed E-state index contributed by atoms with van der Waals surface area (Å²) >= 11 is 0. The van der Waals surface area contributed by atoms with Gasteiger partial charge in [-0.1, -0.05) is 41.6 Å². The van der Waals surface area contributed by atoms with Crippen molar-refractivity contribution in [1.82, 2.24) is 0 Å². The zero-order valence-electron chi connectivity index (χ0n) is 18.0. The maximum atomic E-state index is 12.7. The van der Waals surface area contributed by atoms with Crippen molar-refractivity contribution in [3.63, 3.8) is 0 Å². The van der Waals surface area contributed by atoms with E-state index in [4.69, 9.17) is 9.57 Å². The highest BCUT2D eigenvalue weighted by atomic mass is 19.4. The van der Waals surface area contributed by atoms with Crippen LogP contribution in [0.4, 0.5) is 26.3 Å². The minimum absolute atomic E-state index is 0.0123. The molecule has 0 bridgehead atoms. The number of alkyl halides is 6. The van der Waals surface area contributed by atoms with Gasteiger partial charge in [0.15, 0.2) is 12.4 Å². The predicted octanol–water partition coefficient (Wildman–Crippen LogP) is 6.79. The zero-order valence-corrected chi connectivity index (χ0v) is 18.0. The van der Waals surface area contributed by atoms with Gasteiger partial charge in [0.1, 0.15) is 12.4 Å². The molecular weight excluding hydrogens is 476 g/mol. The molecule has 0 aliphatic carbocycles. The molecule has 3 aromatic carbocycles. The van der Waals surface area contributed by atoms with Gasteiger partial charge in [-0.2, -0.15) is 26.3 Å². The molecule has 4 nitrogen and oxygen atoms in total. The van der Waals surface area contributed by atoms with Crippen molar-refractivity contribution >= 4 is 12.5 Å². The Balaban J connectivity index is 1.48. The Morgan fingerprint density at radius 3 is 1.77 bits per heavy atom. The Bertz CT molecular complexity index is 1120. The van der Waals surface area contributed by atoms with E-state index < -0.39 is 29.6 Å². The number of ether oxygens (including phenoxy) is 1. The first-order valence-corrected chi connectivity index (χ1v) is 10.2. The lowest BCUT2D eigenvalue weighted by atomic mass is 10.1. The molecule has 0 radical (unpaired) electrons. The average Bonchev–Trinajstić information content (AvgIpc) is 2.82. The molecule has 1 atom stereocenters. The topological polar surface area (TPSA) is 47.9 Å². The first-order valence-electron chi connectivity index (χ1n) is 10.2. The van der Waals surface area contributed by atoms with Gasteiger partial charge in [-0.05, 0) is 53.1 Å². The highest BCUT2D eigenvalue weighted by Gasteiger charge is 2.31. The molecule has 35 heavy (non-hydrogen) atoms. The number of halogens is 6. The number of hydrogen-bond donors (Lipinski definition) is 0. The van der Waals surface area contributed by atoms with E-state index in [0.29, 0.717) is 24.0 Å². The van der Waals surface area contributed by atoms with Crippen LogP contribution in [0.5, 0.6) is 5.75 Å². The van der Waals surface area contributed by atoms with E-state index in [1.54, 1.807) is 24.3 Å². The van der Waals surface area contributed by atoms with Crippen molar-refractivity contribution in [2.24, 2.45) is 5.16 Å². The lowest BCUT2D eigenvalue weighted by Crippen LogP contribution is -2.10. The number of carbonyl (C=O) groups excluding carboxylic acids is 1. The van der Waals surface area contributed by atoms with Gasteiger partial charge in [0, 0.05) is 12.6 Å². The summed E-state index contributed by atoms with van der Waals surface area (Å²) < 4.78 is 81.3. The van der Waals surface area contributed by atoms with Crippen molar-refractivity contribution in [3.05, 3.63) is 101 Å². The Morgan fingerprint density at radius 1 is 0.743 bits per heavy atom. The first-order chi connectivity index (χ1) is 16.6. The van der Waals surface area contributed by atoms with Crippen LogP contribution in [0.1, 0.15) is 33.9 Å². The average molecular weight is 495 g/mol. The molecule has 0 amide bonds. The number of carbonyl (C=O) groups is 1. The van der Waals surface area contributed by atoms with E-state index >= 15 is 0 Å². The van der Waals surface area contributed by atoms with E-state index in [-0.39, 0.29) is 12.2 Å². The molecule has 0 saturated carbocycles. The van der Waals surface area contributed by atoms with Gasteiger partial charge in [0.05, 0.1) is 11.1 Å². The van der Waals surface area contributed by atoms with Gasteiger partial charge in [-0.15, -0.1) is 0 Å². The van der Waals surface area contributed by atoms with Crippen LogP contribution in [0, 0.1) is 0 Å². The smallest absolute Gasteiger partial charge is 0.416 e. The van der Waals surface area contributed by atoms with Gasteiger partial charge < -0.3 is 9.57 Å². The Morgan fingerprint density at radius 2 is 1.26 bits per heavy atom. The molecule has 0 spiro atoms. The highest BCUT2D eigenvalue weighted by Crippen LogP contribution is 2.31. The summed E-state index contributed by atoms with van der Waals surface area (Å²) in [6.45, 7) is 0.0123. The molecule has 10 heteroatoms. The van der Waals surface area contributed by atoms with Crippen molar-refractivity contribution in [2.75, 3.05) is 0 Å². The van der Waals surface area contributed by atoms with Crippen LogP contribution < -0.4 is 4.74 Å². The fourth-order valence-electron chi connectivity index (χ4n) is 2.98. The number of benzene rings is 3. The fourth-order valence-corrected chi connectivity index (χ4v) is 2.98. The van der Waals surface area contributed by atoms with Crippen LogP contribution in [-0.2, 0) is 35.0 Å². The van der Waals surface area contributed by atoms with Gasteiger partial charge in [-0.25, -0.2) is 0 Å². The molecule has 0 aliphatic rings. The summed E-state index contributed by atoms with van der Waals surface area (Å²) in [6, 6.07) is 15.4. The quantitative estimate of drug-likeness (QED) is 0.142. The third-order valence-electron chi connectivity index (χ3n) is 4.87. The molecule has 0 saturated heterocycles. The molecule has 0 N–H and O–H groups in total. The second-order valence-corrected chi connectivity index (χ2v) is 7.40. The van der Waals surface area contributed by atoms with E-state index in [1.807, 2.05) is 0 Å². The van der Waals surface area contributed by atoms with Gasteiger partial charge in [0.2, 0.25) is 0 Å². The lowest BCUT2D eigenvalue weighted by molar-refractivity contribution is -0.138. The van der Waals surface area contributed by atoms with Crippen LogP contribution in [0.15, 0.2) is 78.0 Å². The van der Waals surface area contributed by atoms with E-state index in [9.17, 15) is 31.1 Å². The van der Waals surface area contributed by atoms with Crippen LogP contribution in [-0.4, -0.2) is 12.5 Å². The summed E-state index contributed by atoms with van der Waals surface area (Å²) in [4.78, 5) is 16.5. The number of oxime groups is 1. The maximum absolute atomic E-state index is 12.7. The lowest BCUT2D eigenvalue weighted by Gasteiger charge is -2.15. The van der Waals surface area contributed by atoms with Crippen molar-refractivity contribution in [2.45, 2.75) is 31.5 Å². The number of nitrogens with zero attached hydrogens (tertiary/aromatic N) is 1. The second-order valence-electron chi connectivity index (χ2n) is 7.40. The number of hydrogen-bond acceptors (Lipinski definition) is 4. The third kappa shape index (κ3) is 7.59. The van der Waals surface area contributed by atoms with Crippen LogP contribution in [0.3, 0.4) is 0 Å². The largest absolute Gasteiger partial charge is 0.478 e. The summed E-state index contributed by atoms with van der Waals surface area (Å²) in [5.41, 5.74) is 0.0940.